The SMILES string of the molecule is O=C(C[C@H]1COCCN1CCCO)c1cccs1. The van der Waals surface area contributed by atoms with Crippen LogP contribution >= 0.6 is 11.3 Å². The molecule has 5 heteroatoms. The van der Waals surface area contributed by atoms with Crippen molar-refractivity contribution in [3.8, 4) is 0 Å². The minimum atomic E-state index is 0.153. The Morgan fingerprint density at radius 2 is 2.50 bits per heavy atom. The minimum absolute atomic E-state index is 0.153. The van der Waals surface area contributed by atoms with Crippen molar-refractivity contribution < 1.29 is 14.6 Å². The van der Waals surface area contributed by atoms with Gasteiger partial charge in [-0.1, -0.05) is 6.07 Å². The number of carbonyl (C=O) groups is 1. The van der Waals surface area contributed by atoms with Gasteiger partial charge in [-0.25, -0.2) is 0 Å². The van der Waals surface area contributed by atoms with Crippen LogP contribution in [0.4, 0.5) is 0 Å². The van der Waals surface area contributed by atoms with Crippen molar-refractivity contribution in [2.24, 2.45) is 0 Å². The largest absolute Gasteiger partial charge is 0.396 e. The van der Waals surface area contributed by atoms with Crippen molar-refractivity contribution in [3.63, 3.8) is 0 Å². The first-order valence-electron chi connectivity index (χ1n) is 6.30. The Bertz CT molecular complexity index is 366. The number of Topliss-reactive ketones (excluding diaryl/α,β-unsaturated/α-hetero) is 1. The molecule has 1 N–H and O–H groups in total. The van der Waals surface area contributed by atoms with Gasteiger partial charge < -0.3 is 9.84 Å². The average Bonchev–Trinajstić information content (AvgIpc) is 2.91. The smallest absolute Gasteiger partial charge is 0.174 e. The van der Waals surface area contributed by atoms with E-state index >= 15 is 0 Å². The van der Waals surface area contributed by atoms with Gasteiger partial charge in [0.2, 0.25) is 0 Å². The van der Waals surface area contributed by atoms with Gasteiger partial charge in [0.25, 0.3) is 0 Å². The first-order valence-corrected chi connectivity index (χ1v) is 7.18. The Morgan fingerprint density at radius 1 is 1.61 bits per heavy atom. The van der Waals surface area contributed by atoms with Crippen LogP contribution in [0.1, 0.15) is 22.5 Å². The first-order chi connectivity index (χ1) is 8.81. The van der Waals surface area contributed by atoms with Crippen LogP contribution < -0.4 is 0 Å². The molecule has 1 aliphatic heterocycles. The molecule has 0 aliphatic carbocycles. The van der Waals surface area contributed by atoms with Crippen molar-refractivity contribution in [1.29, 1.82) is 0 Å². The maximum atomic E-state index is 12.1. The number of ether oxygens (including phenoxy) is 1. The molecule has 1 aliphatic rings. The number of rotatable bonds is 6. The number of hydrogen-bond donors (Lipinski definition) is 1. The lowest BCUT2D eigenvalue weighted by molar-refractivity contribution is -0.0104. The average molecular weight is 269 g/mol. The van der Waals surface area contributed by atoms with Gasteiger partial charge in [0.05, 0.1) is 18.1 Å². The number of nitrogens with zero attached hydrogens (tertiary/aromatic N) is 1. The van der Waals surface area contributed by atoms with Crippen LogP contribution in [0.25, 0.3) is 0 Å². The van der Waals surface area contributed by atoms with E-state index in [4.69, 9.17) is 9.84 Å². The highest BCUT2D eigenvalue weighted by atomic mass is 32.1. The topological polar surface area (TPSA) is 49.8 Å². The molecular weight excluding hydrogens is 250 g/mol. The van der Waals surface area contributed by atoms with Crippen molar-refractivity contribution in [3.05, 3.63) is 22.4 Å². The second-order valence-electron chi connectivity index (χ2n) is 4.45. The van der Waals surface area contributed by atoms with Gasteiger partial charge in [-0.3, -0.25) is 9.69 Å². The van der Waals surface area contributed by atoms with Crippen molar-refractivity contribution in [2.45, 2.75) is 18.9 Å². The summed E-state index contributed by atoms with van der Waals surface area (Å²) in [6.07, 6.45) is 1.26. The summed E-state index contributed by atoms with van der Waals surface area (Å²) >= 11 is 1.49. The molecule has 2 heterocycles. The molecule has 1 fully saturated rings. The molecule has 1 aromatic rings. The fourth-order valence-corrected chi connectivity index (χ4v) is 2.87. The van der Waals surface area contributed by atoms with Crippen LogP contribution in [-0.4, -0.2) is 54.7 Å². The number of aliphatic hydroxyl groups excluding tert-OH is 1. The Kier molecular flexibility index (Phi) is 5.31. The number of carbonyl (C=O) groups excluding carboxylic acids is 1. The van der Waals surface area contributed by atoms with E-state index in [-0.39, 0.29) is 18.4 Å². The summed E-state index contributed by atoms with van der Waals surface area (Å²) in [5.41, 5.74) is 0. The van der Waals surface area contributed by atoms with Crippen LogP contribution in [0.2, 0.25) is 0 Å². The van der Waals surface area contributed by atoms with Gasteiger partial charge in [0.15, 0.2) is 5.78 Å². The van der Waals surface area contributed by atoms with E-state index < -0.39 is 0 Å². The standard InChI is InChI=1S/C13H19NO3S/c15-6-2-4-14-5-7-17-10-11(14)9-12(16)13-3-1-8-18-13/h1,3,8,11,15H,2,4-7,9-10H2/t11-/m0/s1. The van der Waals surface area contributed by atoms with E-state index in [1.54, 1.807) is 0 Å². The fourth-order valence-electron chi connectivity index (χ4n) is 2.20. The van der Waals surface area contributed by atoms with Crippen molar-refractivity contribution >= 4 is 17.1 Å². The monoisotopic (exact) mass is 269 g/mol. The molecule has 0 bridgehead atoms. The summed E-state index contributed by atoms with van der Waals surface area (Å²) in [7, 11) is 0. The summed E-state index contributed by atoms with van der Waals surface area (Å²) in [5.74, 6) is 0.189. The first kappa shape index (κ1) is 13.7. The van der Waals surface area contributed by atoms with E-state index in [1.165, 1.54) is 11.3 Å². The molecule has 1 aromatic heterocycles. The molecule has 0 saturated carbocycles. The molecule has 0 spiro atoms. The highest BCUT2D eigenvalue weighted by Gasteiger charge is 2.25. The van der Waals surface area contributed by atoms with E-state index in [0.717, 1.165) is 31.0 Å². The highest BCUT2D eigenvalue weighted by molar-refractivity contribution is 7.12. The Morgan fingerprint density at radius 3 is 3.22 bits per heavy atom. The van der Waals surface area contributed by atoms with Crippen LogP contribution in [0.3, 0.4) is 0 Å². The lowest BCUT2D eigenvalue weighted by atomic mass is 10.1. The number of morpholine rings is 1. The van der Waals surface area contributed by atoms with E-state index in [0.29, 0.717) is 13.0 Å². The Hall–Kier alpha value is -0.750. The van der Waals surface area contributed by atoms with E-state index in [1.807, 2.05) is 17.5 Å². The second-order valence-corrected chi connectivity index (χ2v) is 5.39. The normalized spacial score (nSPS) is 21.1. The van der Waals surface area contributed by atoms with Gasteiger partial charge in [0.1, 0.15) is 0 Å². The number of thiophene rings is 1. The molecular formula is C13H19NO3S. The molecule has 0 radical (unpaired) electrons. The molecule has 1 saturated heterocycles. The third kappa shape index (κ3) is 3.62. The second kappa shape index (κ2) is 6.99. The van der Waals surface area contributed by atoms with Crippen LogP contribution in [-0.2, 0) is 4.74 Å². The zero-order valence-corrected chi connectivity index (χ0v) is 11.2. The third-order valence-corrected chi connectivity index (χ3v) is 4.08. The van der Waals surface area contributed by atoms with Crippen molar-refractivity contribution in [2.75, 3.05) is 32.9 Å². The number of aliphatic hydroxyl groups is 1. The van der Waals surface area contributed by atoms with Crippen LogP contribution in [0.15, 0.2) is 17.5 Å². The summed E-state index contributed by atoms with van der Waals surface area (Å²) in [6, 6.07) is 3.92. The van der Waals surface area contributed by atoms with Crippen molar-refractivity contribution in [1.82, 2.24) is 4.90 Å². The number of ketones is 1. The molecule has 0 aromatic carbocycles. The highest BCUT2D eigenvalue weighted by Crippen LogP contribution is 2.17. The molecule has 4 nitrogen and oxygen atoms in total. The zero-order valence-electron chi connectivity index (χ0n) is 10.4. The summed E-state index contributed by atoms with van der Waals surface area (Å²) in [5, 5.41) is 10.8. The molecule has 0 unspecified atom stereocenters. The minimum Gasteiger partial charge on any atom is -0.396 e. The van der Waals surface area contributed by atoms with Crippen LogP contribution in [0.5, 0.6) is 0 Å². The molecule has 0 amide bonds. The molecule has 100 valence electrons. The van der Waals surface area contributed by atoms with Gasteiger partial charge in [0, 0.05) is 32.2 Å². The Labute approximate surface area is 111 Å². The molecule has 1 atom stereocenters. The molecule has 2 rings (SSSR count). The maximum Gasteiger partial charge on any atom is 0.174 e. The lowest BCUT2D eigenvalue weighted by Gasteiger charge is -2.35. The van der Waals surface area contributed by atoms with Gasteiger partial charge in [-0.2, -0.15) is 0 Å². The lowest BCUT2D eigenvalue weighted by Crippen LogP contribution is -2.46. The van der Waals surface area contributed by atoms with Crippen LogP contribution in [0, 0.1) is 0 Å². The Balaban J connectivity index is 1.90. The summed E-state index contributed by atoms with van der Waals surface area (Å²) < 4.78 is 5.46. The fraction of sp³-hybridized carbons (Fsp3) is 0.615. The predicted molar refractivity (Wildman–Crippen MR) is 71.1 cm³/mol. The third-order valence-electron chi connectivity index (χ3n) is 3.17. The van der Waals surface area contributed by atoms with Gasteiger partial charge >= 0.3 is 0 Å². The van der Waals surface area contributed by atoms with E-state index in [2.05, 4.69) is 4.90 Å². The van der Waals surface area contributed by atoms with Gasteiger partial charge in [-0.15, -0.1) is 11.3 Å². The molecule has 18 heavy (non-hydrogen) atoms. The zero-order chi connectivity index (χ0) is 12.8. The van der Waals surface area contributed by atoms with Gasteiger partial charge in [-0.05, 0) is 17.9 Å². The number of hydrogen-bond acceptors (Lipinski definition) is 5. The van der Waals surface area contributed by atoms with E-state index in [9.17, 15) is 4.79 Å². The predicted octanol–water partition coefficient (Wildman–Crippen LogP) is 1.40. The summed E-state index contributed by atoms with van der Waals surface area (Å²) in [4.78, 5) is 15.1. The summed E-state index contributed by atoms with van der Waals surface area (Å²) in [6.45, 7) is 3.21. The maximum absolute atomic E-state index is 12.1. The quantitative estimate of drug-likeness (QED) is 0.793.